The molecule has 0 saturated carbocycles. The molecule has 1 saturated heterocycles. The zero-order valence-electron chi connectivity index (χ0n) is 14.9. The molecule has 2 heterocycles. The summed E-state index contributed by atoms with van der Waals surface area (Å²) in [5.74, 6) is 0.664. The van der Waals surface area contributed by atoms with E-state index in [9.17, 15) is 13.2 Å². The Morgan fingerprint density at radius 3 is 2.73 bits per heavy atom. The number of hydrogen-bond donors (Lipinski definition) is 1. The van der Waals surface area contributed by atoms with E-state index in [2.05, 4.69) is 9.71 Å². The Bertz CT molecular complexity index is 877. The van der Waals surface area contributed by atoms with Crippen LogP contribution in [0, 0.1) is 6.92 Å². The fraction of sp³-hybridized carbons (Fsp3) is 0.444. The van der Waals surface area contributed by atoms with Crippen LogP contribution in [0.3, 0.4) is 0 Å². The van der Waals surface area contributed by atoms with Crippen molar-refractivity contribution < 1.29 is 17.6 Å². The first-order chi connectivity index (χ1) is 12.3. The van der Waals surface area contributed by atoms with Gasteiger partial charge in [0.25, 0.3) is 5.91 Å². The van der Waals surface area contributed by atoms with Crippen molar-refractivity contribution in [1.29, 1.82) is 0 Å². The number of aromatic nitrogens is 1. The molecule has 26 heavy (non-hydrogen) atoms. The van der Waals surface area contributed by atoms with Crippen LogP contribution in [0.1, 0.15) is 35.5 Å². The second kappa shape index (κ2) is 7.59. The highest BCUT2D eigenvalue weighted by Crippen LogP contribution is 2.25. The molecule has 0 bridgehead atoms. The van der Waals surface area contributed by atoms with Crippen LogP contribution in [0.5, 0.6) is 0 Å². The van der Waals surface area contributed by atoms with E-state index in [4.69, 9.17) is 4.42 Å². The van der Waals surface area contributed by atoms with E-state index in [0.29, 0.717) is 18.2 Å². The van der Waals surface area contributed by atoms with E-state index in [1.165, 1.54) is 0 Å². The average molecular weight is 377 g/mol. The lowest BCUT2D eigenvalue weighted by Crippen LogP contribution is -2.49. The number of aryl methyl sites for hydroxylation is 1. The van der Waals surface area contributed by atoms with Gasteiger partial charge in [0.15, 0.2) is 5.69 Å². The van der Waals surface area contributed by atoms with E-state index in [0.717, 1.165) is 31.1 Å². The van der Waals surface area contributed by atoms with E-state index in [1.54, 1.807) is 11.8 Å². The van der Waals surface area contributed by atoms with Crippen molar-refractivity contribution in [2.45, 2.75) is 32.2 Å². The van der Waals surface area contributed by atoms with Gasteiger partial charge in [0.1, 0.15) is 5.76 Å². The van der Waals surface area contributed by atoms with Gasteiger partial charge >= 0.3 is 0 Å². The number of likely N-dealkylation sites (tertiary alicyclic amines) is 1. The first-order valence-corrected chi connectivity index (χ1v) is 10.5. The highest BCUT2D eigenvalue weighted by Gasteiger charge is 2.31. The summed E-state index contributed by atoms with van der Waals surface area (Å²) in [7, 11) is -3.30. The molecule has 0 spiro atoms. The SMILES string of the molecule is Cc1oc(-c2ccccc2)nc1C(=O)N1CCCC[C@@H]1CNS(C)(=O)=O. The van der Waals surface area contributed by atoms with Crippen molar-refractivity contribution in [3.05, 3.63) is 41.8 Å². The molecule has 1 amide bonds. The van der Waals surface area contributed by atoms with Crippen molar-refractivity contribution >= 4 is 15.9 Å². The van der Waals surface area contributed by atoms with E-state index >= 15 is 0 Å². The lowest BCUT2D eigenvalue weighted by atomic mass is 10.0. The number of oxazole rings is 1. The van der Waals surface area contributed by atoms with Gasteiger partial charge in [0, 0.05) is 24.7 Å². The largest absolute Gasteiger partial charge is 0.441 e. The summed E-state index contributed by atoms with van der Waals surface area (Å²) < 4.78 is 31.0. The summed E-state index contributed by atoms with van der Waals surface area (Å²) in [5, 5.41) is 0. The minimum Gasteiger partial charge on any atom is -0.441 e. The molecule has 1 aromatic heterocycles. The quantitative estimate of drug-likeness (QED) is 0.862. The summed E-state index contributed by atoms with van der Waals surface area (Å²) in [4.78, 5) is 19.1. The Morgan fingerprint density at radius 2 is 2.04 bits per heavy atom. The van der Waals surface area contributed by atoms with Crippen LogP contribution in [0.25, 0.3) is 11.5 Å². The predicted octanol–water partition coefficient (Wildman–Crippen LogP) is 2.19. The number of carbonyl (C=O) groups is 1. The van der Waals surface area contributed by atoms with Gasteiger partial charge in [0.05, 0.1) is 6.26 Å². The monoisotopic (exact) mass is 377 g/mol. The molecule has 0 aliphatic carbocycles. The molecule has 0 unspecified atom stereocenters. The molecule has 1 atom stereocenters. The predicted molar refractivity (Wildman–Crippen MR) is 98.2 cm³/mol. The second-order valence-electron chi connectivity index (χ2n) is 6.56. The lowest BCUT2D eigenvalue weighted by Gasteiger charge is -2.35. The maximum absolute atomic E-state index is 13.0. The smallest absolute Gasteiger partial charge is 0.276 e. The van der Waals surface area contributed by atoms with Crippen LogP contribution >= 0.6 is 0 Å². The highest BCUT2D eigenvalue weighted by atomic mass is 32.2. The topological polar surface area (TPSA) is 92.5 Å². The third kappa shape index (κ3) is 4.31. The fourth-order valence-corrected chi connectivity index (χ4v) is 3.66. The molecule has 7 nitrogen and oxygen atoms in total. The number of sulfonamides is 1. The summed E-state index contributed by atoms with van der Waals surface area (Å²) in [6, 6.07) is 9.24. The van der Waals surface area contributed by atoms with Crippen molar-refractivity contribution in [3.63, 3.8) is 0 Å². The molecule has 1 aliphatic rings. The third-order valence-electron chi connectivity index (χ3n) is 4.49. The minimum absolute atomic E-state index is 0.178. The van der Waals surface area contributed by atoms with Gasteiger partial charge in [-0.05, 0) is 38.3 Å². The van der Waals surface area contributed by atoms with E-state index < -0.39 is 10.0 Å². The molecule has 1 N–H and O–H groups in total. The van der Waals surface area contributed by atoms with E-state index in [-0.39, 0.29) is 24.2 Å². The van der Waals surface area contributed by atoms with Crippen LogP contribution in [-0.4, -0.2) is 49.6 Å². The first kappa shape index (κ1) is 18.6. The standard InChI is InChI=1S/C18H23N3O4S/c1-13-16(20-17(25-13)14-8-4-3-5-9-14)18(22)21-11-7-6-10-15(21)12-19-26(2,23)24/h3-5,8-9,15,19H,6-7,10-12H2,1-2H3/t15-/m1/s1. The van der Waals surface area contributed by atoms with Crippen molar-refractivity contribution in [3.8, 4) is 11.5 Å². The van der Waals surface area contributed by atoms with Crippen LogP contribution < -0.4 is 4.72 Å². The number of amides is 1. The van der Waals surface area contributed by atoms with Crippen molar-refractivity contribution in [1.82, 2.24) is 14.6 Å². The second-order valence-corrected chi connectivity index (χ2v) is 8.39. The van der Waals surface area contributed by atoms with Crippen molar-refractivity contribution in [2.24, 2.45) is 0 Å². The van der Waals surface area contributed by atoms with Crippen molar-refractivity contribution in [2.75, 3.05) is 19.3 Å². The Kier molecular flexibility index (Phi) is 5.43. The molecule has 140 valence electrons. The number of hydrogen-bond acceptors (Lipinski definition) is 5. The molecular weight excluding hydrogens is 354 g/mol. The molecule has 0 radical (unpaired) electrons. The Balaban J connectivity index is 1.82. The number of piperidine rings is 1. The molecule has 8 heteroatoms. The minimum atomic E-state index is -3.30. The zero-order valence-corrected chi connectivity index (χ0v) is 15.8. The summed E-state index contributed by atoms with van der Waals surface area (Å²) >= 11 is 0. The highest BCUT2D eigenvalue weighted by molar-refractivity contribution is 7.88. The van der Waals surface area contributed by atoms with Gasteiger partial charge in [-0.1, -0.05) is 18.2 Å². The van der Waals surface area contributed by atoms with Crippen LogP contribution in [0.2, 0.25) is 0 Å². The fourth-order valence-electron chi connectivity index (χ4n) is 3.16. The van der Waals surface area contributed by atoms with E-state index in [1.807, 2.05) is 30.3 Å². The van der Waals surface area contributed by atoms with Gasteiger partial charge in [-0.25, -0.2) is 18.1 Å². The first-order valence-electron chi connectivity index (χ1n) is 8.63. The van der Waals surface area contributed by atoms with Gasteiger partial charge in [0.2, 0.25) is 15.9 Å². The molecule has 3 rings (SSSR count). The number of nitrogens with zero attached hydrogens (tertiary/aromatic N) is 2. The third-order valence-corrected chi connectivity index (χ3v) is 5.18. The van der Waals surface area contributed by atoms with Gasteiger partial charge in [-0.2, -0.15) is 0 Å². The molecule has 1 fully saturated rings. The normalized spacial score (nSPS) is 18.1. The average Bonchev–Trinajstić information content (AvgIpc) is 3.01. The molecule has 1 aromatic carbocycles. The lowest BCUT2D eigenvalue weighted by molar-refractivity contribution is 0.0611. The summed E-state index contributed by atoms with van der Waals surface area (Å²) in [6.45, 7) is 2.52. The maximum Gasteiger partial charge on any atom is 0.276 e. The Morgan fingerprint density at radius 1 is 1.31 bits per heavy atom. The Labute approximate surface area is 153 Å². The summed E-state index contributed by atoms with van der Waals surface area (Å²) in [5.41, 5.74) is 1.10. The number of nitrogens with one attached hydrogen (secondary N) is 1. The van der Waals surface area contributed by atoms with Crippen LogP contribution in [0.15, 0.2) is 34.7 Å². The molecule has 2 aromatic rings. The maximum atomic E-state index is 13.0. The number of rotatable bonds is 5. The zero-order chi connectivity index (χ0) is 18.7. The summed E-state index contributed by atoms with van der Waals surface area (Å²) in [6.07, 6.45) is 3.74. The van der Waals surface area contributed by atoms with Gasteiger partial charge < -0.3 is 9.32 Å². The van der Waals surface area contributed by atoms with Crippen LogP contribution in [0.4, 0.5) is 0 Å². The number of carbonyl (C=O) groups excluding carboxylic acids is 1. The number of benzene rings is 1. The van der Waals surface area contributed by atoms with Gasteiger partial charge in [-0.15, -0.1) is 0 Å². The molecule has 1 aliphatic heterocycles. The van der Waals surface area contributed by atoms with Gasteiger partial charge in [-0.3, -0.25) is 4.79 Å². The Hall–Kier alpha value is -2.19. The molecular formula is C18H23N3O4S. The van der Waals surface area contributed by atoms with Crippen LogP contribution in [-0.2, 0) is 10.0 Å².